The second kappa shape index (κ2) is 4.68. The highest BCUT2D eigenvalue weighted by atomic mass is 32.1. The molecule has 104 valence electrons. The Labute approximate surface area is 120 Å². The highest BCUT2D eigenvalue weighted by molar-refractivity contribution is 7.17. The van der Waals surface area contributed by atoms with Crippen LogP contribution in [0.2, 0.25) is 0 Å². The van der Waals surface area contributed by atoms with Crippen molar-refractivity contribution < 1.29 is 4.79 Å². The second-order valence-corrected chi connectivity index (χ2v) is 6.13. The minimum atomic E-state index is 0.136. The number of nitrogens with zero attached hydrogens (tertiary/aromatic N) is 4. The van der Waals surface area contributed by atoms with E-state index in [0.29, 0.717) is 12.6 Å². The van der Waals surface area contributed by atoms with E-state index in [1.165, 1.54) is 0 Å². The Balaban J connectivity index is 1.48. The minimum Gasteiger partial charge on any atom is -0.354 e. The summed E-state index contributed by atoms with van der Waals surface area (Å²) < 4.78 is 1.15. The van der Waals surface area contributed by atoms with E-state index in [2.05, 4.69) is 30.5 Å². The number of aromatic nitrogens is 2. The first-order chi connectivity index (χ1) is 9.81. The Hall–Kier alpha value is -1.73. The third-order valence-corrected chi connectivity index (χ3v) is 4.87. The molecule has 2 aromatic heterocycles. The van der Waals surface area contributed by atoms with E-state index < -0.39 is 0 Å². The maximum atomic E-state index is 11.4. The highest BCUT2D eigenvalue weighted by Crippen LogP contribution is 2.31. The third kappa shape index (κ3) is 1.94. The van der Waals surface area contributed by atoms with Crippen LogP contribution in [-0.4, -0.2) is 59.5 Å². The highest BCUT2D eigenvalue weighted by Gasteiger charge is 2.35. The summed E-state index contributed by atoms with van der Waals surface area (Å²) in [6, 6.07) is 2.49. The summed E-state index contributed by atoms with van der Waals surface area (Å²) in [5.74, 6) is 1.17. The van der Waals surface area contributed by atoms with Gasteiger partial charge in [-0.1, -0.05) is 0 Å². The lowest BCUT2D eigenvalue weighted by molar-refractivity contribution is -0.125. The van der Waals surface area contributed by atoms with E-state index in [4.69, 9.17) is 0 Å². The largest absolute Gasteiger partial charge is 0.354 e. The second-order valence-electron chi connectivity index (χ2n) is 5.21. The molecule has 7 heteroatoms. The average molecular weight is 289 g/mol. The molecule has 0 spiro atoms. The van der Waals surface area contributed by atoms with Crippen molar-refractivity contribution in [3.05, 3.63) is 17.8 Å². The first-order valence-corrected chi connectivity index (χ1v) is 7.63. The lowest BCUT2D eigenvalue weighted by atomic mass is 10.1. The van der Waals surface area contributed by atoms with Gasteiger partial charge in [0.2, 0.25) is 5.91 Å². The quantitative estimate of drug-likeness (QED) is 0.862. The van der Waals surface area contributed by atoms with Crippen molar-refractivity contribution >= 4 is 33.3 Å². The zero-order chi connectivity index (χ0) is 13.5. The third-order valence-electron chi connectivity index (χ3n) is 3.97. The molecule has 2 aromatic rings. The number of anilines is 1. The van der Waals surface area contributed by atoms with Gasteiger partial charge in [0.05, 0.1) is 16.8 Å². The van der Waals surface area contributed by atoms with Crippen LogP contribution in [0.5, 0.6) is 0 Å². The Morgan fingerprint density at radius 3 is 3.10 bits per heavy atom. The van der Waals surface area contributed by atoms with E-state index in [1.54, 1.807) is 17.7 Å². The standard InChI is InChI=1S/C13H15N5OS/c19-11-7-17(3-2-14-11)9-5-18(6-9)13-12-10(1-4-20-12)15-8-16-13/h1,4,8-9H,2-3,5-7H2,(H,14,19). The van der Waals surface area contributed by atoms with Crippen LogP contribution in [0.1, 0.15) is 0 Å². The first-order valence-electron chi connectivity index (χ1n) is 6.75. The summed E-state index contributed by atoms with van der Waals surface area (Å²) in [6.45, 7) is 4.12. The SMILES string of the molecule is O=C1CN(C2CN(c3ncnc4ccsc34)C2)CCN1. The topological polar surface area (TPSA) is 61.4 Å². The molecule has 0 radical (unpaired) electrons. The van der Waals surface area contributed by atoms with E-state index >= 15 is 0 Å². The fourth-order valence-electron chi connectivity index (χ4n) is 2.83. The minimum absolute atomic E-state index is 0.136. The number of amides is 1. The summed E-state index contributed by atoms with van der Waals surface area (Å²) >= 11 is 1.68. The smallest absolute Gasteiger partial charge is 0.234 e. The predicted molar refractivity (Wildman–Crippen MR) is 78.0 cm³/mol. The van der Waals surface area contributed by atoms with Gasteiger partial charge in [0.25, 0.3) is 0 Å². The van der Waals surface area contributed by atoms with Crippen molar-refractivity contribution in [3.8, 4) is 0 Å². The molecule has 1 amide bonds. The zero-order valence-corrected chi connectivity index (χ0v) is 11.8. The van der Waals surface area contributed by atoms with Crippen LogP contribution < -0.4 is 10.2 Å². The van der Waals surface area contributed by atoms with E-state index in [-0.39, 0.29) is 5.91 Å². The van der Waals surface area contributed by atoms with Gasteiger partial charge in [-0.2, -0.15) is 0 Å². The van der Waals surface area contributed by atoms with Crippen LogP contribution >= 0.6 is 11.3 Å². The Morgan fingerprint density at radius 1 is 1.35 bits per heavy atom. The molecule has 4 rings (SSSR count). The molecule has 0 atom stereocenters. The normalized spacial score (nSPS) is 21.0. The van der Waals surface area contributed by atoms with Crippen LogP contribution in [0.3, 0.4) is 0 Å². The van der Waals surface area contributed by atoms with Crippen LogP contribution in [0.4, 0.5) is 5.82 Å². The van der Waals surface area contributed by atoms with Gasteiger partial charge in [-0.3, -0.25) is 9.69 Å². The first kappa shape index (κ1) is 12.0. The molecule has 0 aromatic carbocycles. The zero-order valence-electron chi connectivity index (χ0n) is 11.0. The number of carbonyl (C=O) groups is 1. The summed E-state index contributed by atoms with van der Waals surface area (Å²) in [6.07, 6.45) is 1.63. The van der Waals surface area contributed by atoms with Crippen molar-refractivity contribution in [3.63, 3.8) is 0 Å². The van der Waals surface area contributed by atoms with Gasteiger partial charge < -0.3 is 10.2 Å². The Kier molecular flexibility index (Phi) is 2.82. The van der Waals surface area contributed by atoms with Crippen LogP contribution in [0.15, 0.2) is 17.8 Å². The molecule has 20 heavy (non-hydrogen) atoms. The maximum absolute atomic E-state index is 11.4. The molecule has 2 aliphatic rings. The molecule has 2 aliphatic heterocycles. The van der Waals surface area contributed by atoms with Crippen molar-refractivity contribution in [1.29, 1.82) is 0 Å². The van der Waals surface area contributed by atoms with Crippen LogP contribution in [0, 0.1) is 0 Å². The van der Waals surface area contributed by atoms with Crippen LogP contribution in [0.25, 0.3) is 10.2 Å². The van der Waals surface area contributed by atoms with Crippen molar-refractivity contribution in [2.75, 3.05) is 37.6 Å². The summed E-state index contributed by atoms with van der Waals surface area (Å²) in [7, 11) is 0. The maximum Gasteiger partial charge on any atom is 0.234 e. The molecule has 0 bridgehead atoms. The molecule has 0 unspecified atom stereocenters. The van der Waals surface area contributed by atoms with Gasteiger partial charge in [0.15, 0.2) is 0 Å². The monoisotopic (exact) mass is 289 g/mol. The summed E-state index contributed by atoms with van der Waals surface area (Å²) in [5.41, 5.74) is 1.01. The number of rotatable bonds is 2. The predicted octanol–water partition coefficient (Wildman–Crippen LogP) is 0.312. The average Bonchev–Trinajstić information content (AvgIpc) is 2.86. The lowest BCUT2D eigenvalue weighted by Crippen LogP contribution is -2.64. The number of hydrogen-bond donors (Lipinski definition) is 1. The molecule has 1 N–H and O–H groups in total. The van der Waals surface area contributed by atoms with Crippen molar-refractivity contribution in [1.82, 2.24) is 20.2 Å². The van der Waals surface area contributed by atoms with Crippen molar-refractivity contribution in [2.45, 2.75) is 6.04 Å². The molecule has 2 saturated heterocycles. The van der Waals surface area contributed by atoms with Gasteiger partial charge in [0.1, 0.15) is 12.1 Å². The van der Waals surface area contributed by atoms with Crippen LogP contribution in [-0.2, 0) is 4.79 Å². The summed E-state index contributed by atoms with van der Waals surface area (Å²) in [4.78, 5) is 24.7. The molecule has 0 aliphatic carbocycles. The molecule has 4 heterocycles. The van der Waals surface area contributed by atoms with Gasteiger partial charge in [-0.05, 0) is 11.4 Å². The van der Waals surface area contributed by atoms with E-state index in [9.17, 15) is 4.79 Å². The number of fused-ring (bicyclic) bond motifs is 1. The molecule has 6 nitrogen and oxygen atoms in total. The fourth-order valence-corrected chi connectivity index (χ4v) is 3.69. The van der Waals surface area contributed by atoms with E-state index in [0.717, 1.165) is 42.2 Å². The van der Waals surface area contributed by atoms with Gasteiger partial charge in [-0.25, -0.2) is 9.97 Å². The van der Waals surface area contributed by atoms with Crippen molar-refractivity contribution in [2.24, 2.45) is 0 Å². The molecular formula is C13H15N5OS. The number of carbonyl (C=O) groups excluding carboxylic acids is 1. The van der Waals surface area contributed by atoms with E-state index in [1.807, 2.05) is 6.07 Å². The molecule has 2 fully saturated rings. The van der Waals surface area contributed by atoms with Gasteiger partial charge >= 0.3 is 0 Å². The Bertz CT molecular complexity index is 651. The number of thiophene rings is 1. The number of hydrogen-bond acceptors (Lipinski definition) is 6. The Morgan fingerprint density at radius 2 is 2.25 bits per heavy atom. The fraction of sp³-hybridized carbons (Fsp3) is 0.462. The van der Waals surface area contributed by atoms with Gasteiger partial charge in [-0.15, -0.1) is 11.3 Å². The summed E-state index contributed by atoms with van der Waals surface area (Å²) in [5, 5.41) is 4.92. The number of piperazine rings is 1. The number of nitrogens with one attached hydrogen (secondary N) is 1. The lowest BCUT2D eigenvalue weighted by Gasteiger charge is -2.46. The molecule has 0 saturated carbocycles. The van der Waals surface area contributed by atoms with Gasteiger partial charge in [0, 0.05) is 32.2 Å². The molecular weight excluding hydrogens is 274 g/mol.